The minimum Gasteiger partial charge on any atom is -0.256 e. The molecule has 1 atom stereocenters. The fourth-order valence-electron chi connectivity index (χ4n) is 1.27. The lowest BCUT2D eigenvalue weighted by Gasteiger charge is -1.98. The van der Waals surface area contributed by atoms with Gasteiger partial charge in [-0.1, -0.05) is 19.1 Å². The number of hydrogen-bond acceptors (Lipinski definition) is 1. The molecule has 12 heavy (non-hydrogen) atoms. The first kappa shape index (κ1) is 6.18. The third-order valence-corrected chi connectivity index (χ3v) is 1.96. The van der Waals surface area contributed by atoms with Crippen LogP contribution >= 0.6 is 0 Å². The van der Waals surface area contributed by atoms with Gasteiger partial charge in [-0.2, -0.15) is 0 Å². The van der Waals surface area contributed by atoms with E-state index in [9.17, 15) is 0 Å². The Morgan fingerprint density at radius 3 is 3.17 bits per heavy atom. The molecule has 1 unspecified atom stereocenters. The first-order chi connectivity index (χ1) is 6.27. The van der Waals surface area contributed by atoms with Crippen molar-refractivity contribution in [3.8, 4) is 0 Å². The monoisotopic (exact) mass is 158 g/mol. The molecule has 60 valence electrons. The molecule has 2 rings (SSSR count). The first-order valence-corrected chi connectivity index (χ1v) is 4.04. The molecule has 1 heteroatoms. The predicted octanol–water partition coefficient (Wildman–Crippen LogP) is 2.80. The van der Waals surface area contributed by atoms with E-state index in [1.54, 1.807) is 6.20 Å². The number of pyridine rings is 1. The van der Waals surface area contributed by atoms with Crippen LogP contribution in [0, 0.1) is 0 Å². The Kier molecular flexibility index (Phi) is 1.51. The molecule has 0 saturated heterocycles. The van der Waals surface area contributed by atoms with Crippen LogP contribution in [0.1, 0.15) is 13.9 Å². The van der Waals surface area contributed by atoms with Gasteiger partial charge in [-0.05, 0) is 30.2 Å². The Hall–Kier alpha value is -1.37. The van der Waals surface area contributed by atoms with E-state index in [-0.39, 0.29) is 6.40 Å². The largest absolute Gasteiger partial charge is 0.256 e. The fourth-order valence-corrected chi connectivity index (χ4v) is 1.27. The van der Waals surface area contributed by atoms with Crippen LogP contribution in [0.5, 0.6) is 0 Å². The maximum absolute atomic E-state index is 7.57. The van der Waals surface area contributed by atoms with Gasteiger partial charge in [0.1, 0.15) is 0 Å². The molecule has 0 amide bonds. The maximum atomic E-state index is 7.57. The molecule has 0 aliphatic heterocycles. The standard InChI is InChI=1S/C11H11N/c1-2-9-5-6-11-10(8-9)4-3-7-12-11/h3-8H,2H2,1H3/i2D. The van der Waals surface area contributed by atoms with Crippen LogP contribution < -0.4 is 0 Å². The van der Waals surface area contributed by atoms with Crippen molar-refractivity contribution in [1.29, 1.82) is 0 Å². The summed E-state index contributed by atoms with van der Waals surface area (Å²) in [5, 5.41) is 1.11. The first-order valence-electron chi connectivity index (χ1n) is 4.62. The predicted molar refractivity (Wildman–Crippen MR) is 51.1 cm³/mol. The Bertz CT molecular complexity index is 423. The van der Waals surface area contributed by atoms with Crippen molar-refractivity contribution < 1.29 is 1.37 Å². The minimum absolute atomic E-state index is 0.162. The van der Waals surface area contributed by atoms with Crippen molar-refractivity contribution in [3.63, 3.8) is 0 Å². The number of aryl methyl sites for hydroxylation is 1. The summed E-state index contributed by atoms with van der Waals surface area (Å²) < 4.78 is 7.57. The smallest absolute Gasteiger partial charge is 0.0702 e. The average molecular weight is 158 g/mol. The highest BCUT2D eigenvalue weighted by Crippen LogP contribution is 2.13. The van der Waals surface area contributed by atoms with Crippen molar-refractivity contribution in [2.45, 2.75) is 13.3 Å². The number of benzene rings is 1. The summed E-state index contributed by atoms with van der Waals surface area (Å²) in [6.07, 6.45) is 1.62. The topological polar surface area (TPSA) is 12.9 Å². The molecule has 1 aromatic carbocycles. The van der Waals surface area contributed by atoms with Crippen molar-refractivity contribution >= 4 is 10.9 Å². The van der Waals surface area contributed by atoms with E-state index < -0.39 is 0 Å². The second kappa shape index (κ2) is 2.94. The second-order valence-electron chi connectivity index (χ2n) is 2.74. The van der Waals surface area contributed by atoms with Gasteiger partial charge in [0.25, 0.3) is 0 Å². The van der Waals surface area contributed by atoms with E-state index in [0.717, 1.165) is 16.5 Å². The van der Waals surface area contributed by atoms with Gasteiger partial charge in [0, 0.05) is 13.0 Å². The van der Waals surface area contributed by atoms with Gasteiger partial charge in [-0.15, -0.1) is 0 Å². The average Bonchev–Trinajstić information content (AvgIpc) is 2.17. The quantitative estimate of drug-likeness (QED) is 0.622. The molecule has 0 spiro atoms. The molecule has 0 fully saturated rings. The lowest BCUT2D eigenvalue weighted by molar-refractivity contribution is 1.14. The molecular weight excluding hydrogens is 146 g/mol. The molecule has 0 bridgehead atoms. The van der Waals surface area contributed by atoms with Crippen LogP contribution in [0.25, 0.3) is 10.9 Å². The summed E-state index contributed by atoms with van der Waals surface area (Å²) >= 11 is 0. The molecular formula is C11H11N. The minimum atomic E-state index is -0.162. The summed E-state index contributed by atoms with van der Waals surface area (Å²) in [7, 11) is 0. The molecule has 0 aliphatic carbocycles. The Morgan fingerprint density at radius 1 is 1.42 bits per heavy atom. The third kappa shape index (κ3) is 1.18. The van der Waals surface area contributed by atoms with E-state index in [4.69, 9.17) is 1.37 Å². The van der Waals surface area contributed by atoms with Crippen molar-refractivity contribution in [1.82, 2.24) is 4.98 Å². The molecule has 1 nitrogen and oxygen atoms in total. The van der Waals surface area contributed by atoms with Gasteiger partial charge in [-0.3, -0.25) is 4.98 Å². The number of aromatic nitrogens is 1. The van der Waals surface area contributed by atoms with Crippen LogP contribution in [0.2, 0.25) is 0 Å². The molecule has 0 N–H and O–H groups in total. The molecule has 0 radical (unpaired) electrons. The fraction of sp³-hybridized carbons (Fsp3) is 0.182. The van der Waals surface area contributed by atoms with Crippen LogP contribution in [-0.4, -0.2) is 4.98 Å². The zero-order valence-electron chi connectivity index (χ0n) is 7.99. The summed E-state index contributed by atoms with van der Waals surface area (Å²) in [5.41, 5.74) is 2.03. The van der Waals surface area contributed by atoms with E-state index in [1.165, 1.54) is 0 Å². The SMILES string of the molecule is [2H]C(C)c1ccc2ncccc2c1. The Morgan fingerprint density at radius 2 is 2.33 bits per heavy atom. The van der Waals surface area contributed by atoms with Gasteiger partial charge in [-0.25, -0.2) is 0 Å². The van der Waals surface area contributed by atoms with Crippen LogP contribution in [0.3, 0.4) is 0 Å². The van der Waals surface area contributed by atoms with Gasteiger partial charge >= 0.3 is 0 Å². The highest BCUT2D eigenvalue weighted by atomic mass is 14.6. The van der Waals surface area contributed by atoms with Gasteiger partial charge in [0.05, 0.1) is 5.52 Å². The molecule has 1 aromatic heterocycles. The van der Waals surface area contributed by atoms with Crippen molar-refractivity contribution in [2.75, 3.05) is 0 Å². The van der Waals surface area contributed by atoms with E-state index in [2.05, 4.69) is 4.98 Å². The number of rotatable bonds is 1. The van der Waals surface area contributed by atoms with Crippen molar-refractivity contribution in [3.05, 3.63) is 42.1 Å². The summed E-state index contributed by atoms with van der Waals surface area (Å²) in [6.45, 7) is 1.87. The highest BCUT2D eigenvalue weighted by Gasteiger charge is 1.93. The molecule has 0 aliphatic rings. The molecule has 1 heterocycles. The zero-order chi connectivity index (χ0) is 9.26. The lowest BCUT2D eigenvalue weighted by atomic mass is 10.1. The zero-order valence-corrected chi connectivity index (χ0v) is 6.99. The maximum Gasteiger partial charge on any atom is 0.0702 e. The van der Waals surface area contributed by atoms with Crippen LogP contribution in [-0.2, 0) is 6.40 Å². The summed E-state index contributed by atoms with van der Waals surface area (Å²) in [4.78, 5) is 4.22. The van der Waals surface area contributed by atoms with Gasteiger partial charge in [0.15, 0.2) is 0 Å². The second-order valence-corrected chi connectivity index (χ2v) is 2.74. The van der Waals surface area contributed by atoms with Gasteiger partial charge in [0.2, 0.25) is 0 Å². The third-order valence-electron chi connectivity index (χ3n) is 1.96. The summed E-state index contributed by atoms with van der Waals surface area (Å²) in [6, 6.07) is 9.90. The lowest BCUT2D eigenvalue weighted by Crippen LogP contribution is -1.81. The normalized spacial score (nSPS) is 14.2. The number of fused-ring (bicyclic) bond motifs is 1. The Balaban J connectivity index is 2.62. The van der Waals surface area contributed by atoms with Crippen LogP contribution in [0.15, 0.2) is 36.5 Å². The highest BCUT2D eigenvalue weighted by molar-refractivity contribution is 5.78. The Labute approximate surface area is 73.5 Å². The summed E-state index contributed by atoms with van der Waals surface area (Å²) in [5.74, 6) is 0. The van der Waals surface area contributed by atoms with Crippen molar-refractivity contribution in [2.24, 2.45) is 0 Å². The molecule has 2 aromatic rings. The van der Waals surface area contributed by atoms with Gasteiger partial charge < -0.3 is 0 Å². The van der Waals surface area contributed by atoms with E-state index in [0.29, 0.717) is 0 Å². The van der Waals surface area contributed by atoms with E-state index >= 15 is 0 Å². The number of nitrogens with zero attached hydrogens (tertiary/aromatic N) is 1. The molecule has 0 saturated carbocycles. The number of hydrogen-bond donors (Lipinski definition) is 0. The van der Waals surface area contributed by atoms with E-state index in [1.807, 2.05) is 37.3 Å². The van der Waals surface area contributed by atoms with Crippen LogP contribution in [0.4, 0.5) is 0 Å².